The highest BCUT2D eigenvalue weighted by Gasteiger charge is 1.95. The van der Waals surface area contributed by atoms with Crippen molar-refractivity contribution in [3.63, 3.8) is 0 Å². The summed E-state index contributed by atoms with van der Waals surface area (Å²) in [5.41, 5.74) is 0. The molecule has 0 fully saturated rings. The van der Waals surface area contributed by atoms with Crippen LogP contribution in [0.3, 0.4) is 0 Å². The van der Waals surface area contributed by atoms with Crippen molar-refractivity contribution in [2.24, 2.45) is 5.92 Å². The van der Waals surface area contributed by atoms with E-state index in [4.69, 9.17) is 20.4 Å². The lowest BCUT2D eigenvalue weighted by Crippen LogP contribution is -1.91. The molecule has 0 amide bonds. The van der Waals surface area contributed by atoms with E-state index in [-0.39, 0.29) is 0 Å². The summed E-state index contributed by atoms with van der Waals surface area (Å²) in [6.45, 7) is 6.85. The standard InChI is InChI=1S/C8H18.2CHNO/c1-4-6-8(3)7-5-2;2*2-1-3/h8H,4-7H2,1-3H3;2*2H. The van der Waals surface area contributed by atoms with Crippen molar-refractivity contribution in [1.29, 1.82) is 10.8 Å². The minimum Gasteiger partial charge on any atom is -0.222 e. The average molecular weight is 200 g/mol. The molecule has 14 heavy (non-hydrogen) atoms. The monoisotopic (exact) mass is 200 g/mol. The van der Waals surface area contributed by atoms with Crippen molar-refractivity contribution in [2.45, 2.75) is 46.5 Å². The van der Waals surface area contributed by atoms with Crippen LogP contribution in [0.25, 0.3) is 0 Å². The molecule has 0 bridgehead atoms. The van der Waals surface area contributed by atoms with Crippen molar-refractivity contribution >= 4 is 12.2 Å². The molecule has 2 N–H and O–H groups in total. The minimum absolute atomic E-state index is 0.750. The predicted octanol–water partition coefficient (Wildman–Crippen LogP) is 3.02. The van der Waals surface area contributed by atoms with E-state index >= 15 is 0 Å². The number of rotatable bonds is 4. The Balaban J connectivity index is -0.000000168. The molecule has 4 nitrogen and oxygen atoms in total. The van der Waals surface area contributed by atoms with Gasteiger partial charge in [0.1, 0.15) is 0 Å². The summed E-state index contributed by atoms with van der Waals surface area (Å²) in [7, 11) is 0. The fraction of sp³-hybridized carbons (Fsp3) is 0.800. The van der Waals surface area contributed by atoms with Crippen molar-refractivity contribution < 1.29 is 9.59 Å². The smallest absolute Gasteiger partial charge is 0.222 e. The number of hydrogen-bond donors (Lipinski definition) is 2. The van der Waals surface area contributed by atoms with Crippen LogP contribution in [0.1, 0.15) is 46.5 Å². The Bertz CT molecular complexity index is 140. The molecule has 0 saturated heterocycles. The third kappa shape index (κ3) is 45.2. The highest BCUT2D eigenvalue weighted by Crippen LogP contribution is 2.10. The third-order valence-electron chi connectivity index (χ3n) is 1.56. The molecule has 0 rings (SSSR count). The van der Waals surface area contributed by atoms with Crippen LogP contribution in [0.4, 0.5) is 0 Å². The fourth-order valence-corrected chi connectivity index (χ4v) is 1.13. The van der Waals surface area contributed by atoms with E-state index in [1.54, 1.807) is 0 Å². The molecule has 0 radical (unpaired) electrons. The van der Waals surface area contributed by atoms with Crippen molar-refractivity contribution in [3.8, 4) is 0 Å². The van der Waals surface area contributed by atoms with Crippen LogP contribution in [0.5, 0.6) is 0 Å². The molecule has 0 aromatic carbocycles. The molecule has 0 saturated carbocycles. The molecule has 0 spiro atoms. The van der Waals surface area contributed by atoms with Crippen LogP contribution in [0.2, 0.25) is 0 Å². The molecule has 82 valence electrons. The van der Waals surface area contributed by atoms with Gasteiger partial charge >= 0.3 is 0 Å². The third-order valence-corrected chi connectivity index (χ3v) is 1.56. The van der Waals surface area contributed by atoms with Gasteiger partial charge in [-0.05, 0) is 5.92 Å². The molecular formula is C10H20N2O2. The Kier molecular flexibility index (Phi) is 29.9. The normalized spacial score (nSPS) is 7.14. The van der Waals surface area contributed by atoms with Gasteiger partial charge in [-0.25, -0.2) is 20.4 Å². The first-order valence-electron chi connectivity index (χ1n) is 4.72. The minimum atomic E-state index is 0.750. The zero-order valence-electron chi connectivity index (χ0n) is 9.22. The molecule has 0 atom stereocenters. The SMILES string of the molecule is CCCC(C)CCC.N=C=O.N=C=O. The quantitative estimate of drug-likeness (QED) is 0.540. The number of carbonyl (C=O) groups excluding carboxylic acids is 2. The number of hydrogen-bond acceptors (Lipinski definition) is 4. The van der Waals surface area contributed by atoms with Gasteiger partial charge in [0, 0.05) is 0 Å². The van der Waals surface area contributed by atoms with Crippen molar-refractivity contribution in [2.75, 3.05) is 0 Å². The van der Waals surface area contributed by atoms with E-state index < -0.39 is 0 Å². The molecular weight excluding hydrogens is 180 g/mol. The maximum absolute atomic E-state index is 8.35. The Morgan fingerprint density at radius 3 is 1.36 bits per heavy atom. The van der Waals surface area contributed by atoms with E-state index in [2.05, 4.69) is 20.8 Å². The Morgan fingerprint density at radius 2 is 1.21 bits per heavy atom. The lowest BCUT2D eigenvalue weighted by molar-refractivity contribution is 0.480. The Labute approximate surface area is 85.7 Å². The van der Waals surface area contributed by atoms with Gasteiger partial charge in [-0.15, -0.1) is 0 Å². The highest BCUT2D eigenvalue weighted by molar-refractivity contribution is 5.26. The lowest BCUT2D eigenvalue weighted by atomic mass is 10.0. The van der Waals surface area contributed by atoms with Crippen LogP contribution in [-0.4, -0.2) is 12.2 Å². The summed E-state index contributed by atoms with van der Waals surface area (Å²) in [6, 6.07) is 0. The van der Waals surface area contributed by atoms with E-state index in [1.165, 1.54) is 25.7 Å². The second kappa shape index (κ2) is 22.6. The maximum atomic E-state index is 8.35. The van der Waals surface area contributed by atoms with E-state index in [0.717, 1.165) is 18.1 Å². The first-order valence-corrected chi connectivity index (χ1v) is 4.72. The second-order valence-electron chi connectivity index (χ2n) is 2.89. The fourth-order valence-electron chi connectivity index (χ4n) is 1.13. The van der Waals surface area contributed by atoms with Crippen LogP contribution in [0, 0.1) is 16.7 Å². The van der Waals surface area contributed by atoms with Gasteiger partial charge in [-0.2, -0.15) is 0 Å². The maximum Gasteiger partial charge on any atom is 0.231 e. The summed E-state index contributed by atoms with van der Waals surface area (Å²) in [6.07, 6.45) is 7.02. The second-order valence-corrected chi connectivity index (χ2v) is 2.89. The van der Waals surface area contributed by atoms with Crippen molar-refractivity contribution in [1.82, 2.24) is 0 Å². The van der Waals surface area contributed by atoms with E-state index in [9.17, 15) is 0 Å². The summed E-state index contributed by atoms with van der Waals surface area (Å²) in [5.74, 6) is 0.963. The molecule has 0 aliphatic rings. The van der Waals surface area contributed by atoms with Gasteiger partial charge in [0.15, 0.2) is 0 Å². The summed E-state index contributed by atoms with van der Waals surface area (Å²) < 4.78 is 0. The summed E-state index contributed by atoms with van der Waals surface area (Å²) in [4.78, 5) is 16.7. The Hall–Kier alpha value is -1.24. The summed E-state index contributed by atoms with van der Waals surface area (Å²) >= 11 is 0. The van der Waals surface area contributed by atoms with E-state index in [1.807, 2.05) is 0 Å². The van der Waals surface area contributed by atoms with E-state index in [0.29, 0.717) is 0 Å². The van der Waals surface area contributed by atoms with Crippen LogP contribution in [-0.2, 0) is 9.59 Å². The molecule has 4 heteroatoms. The van der Waals surface area contributed by atoms with Gasteiger partial charge in [-0.3, -0.25) is 0 Å². The van der Waals surface area contributed by atoms with Crippen molar-refractivity contribution in [3.05, 3.63) is 0 Å². The predicted molar refractivity (Wildman–Crippen MR) is 55.8 cm³/mol. The zero-order valence-corrected chi connectivity index (χ0v) is 9.22. The first-order chi connectivity index (χ1) is 6.64. The molecule has 0 heterocycles. The van der Waals surface area contributed by atoms with Gasteiger partial charge < -0.3 is 0 Å². The molecule has 0 aromatic rings. The topological polar surface area (TPSA) is 81.8 Å². The Morgan fingerprint density at radius 1 is 1.00 bits per heavy atom. The number of nitrogens with one attached hydrogen (secondary N) is 2. The zero-order chi connectivity index (χ0) is 11.8. The number of isocyanates is 2. The largest absolute Gasteiger partial charge is 0.231 e. The molecule has 0 aliphatic carbocycles. The van der Waals surface area contributed by atoms with Crippen LogP contribution in [0.15, 0.2) is 0 Å². The average Bonchev–Trinajstić information content (AvgIpc) is 2.07. The van der Waals surface area contributed by atoms with Gasteiger partial charge in [0.25, 0.3) is 0 Å². The first kappa shape index (κ1) is 18.5. The van der Waals surface area contributed by atoms with Gasteiger partial charge in [-0.1, -0.05) is 46.5 Å². The molecule has 0 aliphatic heterocycles. The van der Waals surface area contributed by atoms with Crippen LogP contribution < -0.4 is 0 Å². The highest BCUT2D eigenvalue weighted by atomic mass is 16.1. The summed E-state index contributed by atoms with van der Waals surface area (Å²) in [5, 5.41) is 10.8. The molecule has 0 aromatic heterocycles. The van der Waals surface area contributed by atoms with Gasteiger partial charge in [0.2, 0.25) is 12.2 Å². The van der Waals surface area contributed by atoms with Gasteiger partial charge in [0.05, 0.1) is 0 Å². The van der Waals surface area contributed by atoms with Crippen LogP contribution >= 0.6 is 0 Å². The lowest BCUT2D eigenvalue weighted by Gasteiger charge is -2.05. The molecule has 0 unspecified atom stereocenters.